The second-order valence-electron chi connectivity index (χ2n) is 5.00. The van der Waals surface area contributed by atoms with Crippen LogP contribution in [0.1, 0.15) is 101 Å². The Hall–Kier alpha value is -0.780. The fourth-order valence-corrected chi connectivity index (χ4v) is 0.838. The third-order valence-corrected chi connectivity index (χ3v) is 1.47. The molecule has 0 unspecified atom stereocenters. The molecule has 0 aliphatic carbocycles. The van der Waals surface area contributed by atoms with Crippen LogP contribution in [0.4, 0.5) is 0 Å². The SMILES string of the molecule is C.CC.CC.CC(C)C.CC(C)c1ccccc1.CCC. The third-order valence-electron chi connectivity index (χ3n) is 1.47. The summed E-state index contributed by atoms with van der Waals surface area (Å²) in [5.41, 5.74) is 1.41. The van der Waals surface area contributed by atoms with Gasteiger partial charge >= 0.3 is 0 Å². The number of hydrogen-bond acceptors (Lipinski definition) is 0. The minimum Gasteiger partial charge on any atom is -0.0776 e. The lowest BCUT2D eigenvalue weighted by molar-refractivity contribution is 0.737. The molecule has 0 nitrogen and oxygen atoms in total. The zero-order valence-corrected chi connectivity index (χ0v) is 16.2. The molecule has 0 aliphatic rings. The van der Waals surface area contributed by atoms with Crippen LogP contribution in [0, 0.1) is 5.92 Å². The molecule has 0 heterocycles. The zero-order chi connectivity index (χ0) is 17.0. The highest BCUT2D eigenvalue weighted by molar-refractivity contribution is 5.17. The maximum Gasteiger partial charge on any atom is -0.0219 e. The molecule has 0 N–H and O–H groups in total. The van der Waals surface area contributed by atoms with Gasteiger partial charge in [-0.25, -0.2) is 0 Å². The molecule has 0 saturated carbocycles. The molecule has 0 amide bonds. The van der Waals surface area contributed by atoms with Crippen molar-refractivity contribution in [1.82, 2.24) is 0 Å². The Labute approximate surface area is 138 Å². The third kappa shape index (κ3) is 45.3. The fraction of sp³-hybridized carbons (Fsp3) is 0.714. The molecule has 0 spiro atoms. The summed E-state index contributed by atoms with van der Waals surface area (Å²) in [5.74, 6) is 1.49. The Morgan fingerprint density at radius 1 is 0.714 bits per heavy atom. The van der Waals surface area contributed by atoms with Gasteiger partial charge in [0, 0.05) is 0 Å². The summed E-state index contributed by atoms with van der Waals surface area (Å²) >= 11 is 0. The van der Waals surface area contributed by atoms with E-state index in [0.29, 0.717) is 5.92 Å². The average Bonchev–Trinajstić information content (AvgIpc) is 2.44. The van der Waals surface area contributed by atoms with E-state index < -0.39 is 0 Å². The van der Waals surface area contributed by atoms with Gasteiger partial charge in [-0.3, -0.25) is 0 Å². The summed E-state index contributed by atoms with van der Waals surface area (Å²) in [4.78, 5) is 0. The standard InChI is InChI=1S/C9H12.C4H10.C3H8.2C2H6.CH4/c1-8(2)9-6-4-3-5-7-9;1-4(2)3;1-3-2;2*1-2;/h3-8H,1-2H3;4H,1-3H3;3H2,1-2H3;2*1-2H3;1H4. The fourth-order valence-electron chi connectivity index (χ4n) is 0.838. The van der Waals surface area contributed by atoms with Crippen LogP contribution in [0.5, 0.6) is 0 Å². The summed E-state index contributed by atoms with van der Waals surface area (Å²) in [6.45, 7) is 23.2. The molecule has 0 radical (unpaired) electrons. The van der Waals surface area contributed by atoms with Gasteiger partial charge in [-0.2, -0.15) is 0 Å². The van der Waals surface area contributed by atoms with Gasteiger partial charge in [0.2, 0.25) is 0 Å². The maximum absolute atomic E-state index is 2.20. The minimum absolute atomic E-state index is 0. The molecule has 1 rings (SSSR count). The predicted octanol–water partition coefficient (Wildman–Crippen LogP) is 8.58. The van der Waals surface area contributed by atoms with E-state index in [2.05, 4.69) is 72.7 Å². The Morgan fingerprint density at radius 3 is 1.10 bits per heavy atom. The first-order valence-corrected chi connectivity index (χ1v) is 8.50. The highest BCUT2D eigenvalue weighted by Crippen LogP contribution is 2.11. The number of rotatable bonds is 1. The highest BCUT2D eigenvalue weighted by Gasteiger charge is 1.93. The van der Waals surface area contributed by atoms with Gasteiger partial charge in [-0.05, 0) is 17.4 Å². The topological polar surface area (TPSA) is 0 Å². The molecule has 0 bridgehead atoms. The Bertz CT molecular complexity index is 206. The quantitative estimate of drug-likeness (QED) is 0.487. The average molecular weight is 299 g/mol. The normalized spacial score (nSPS) is 7.48. The molecule has 1 aromatic rings. The second kappa shape index (κ2) is 31.6. The summed E-state index contributed by atoms with van der Waals surface area (Å²) in [5, 5.41) is 0. The molecule has 21 heavy (non-hydrogen) atoms. The monoisotopic (exact) mass is 298 g/mol. The molecule has 0 fully saturated rings. The maximum atomic E-state index is 2.20. The molecular weight excluding hydrogens is 252 g/mol. The Morgan fingerprint density at radius 2 is 0.952 bits per heavy atom. The van der Waals surface area contributed by atoms with Crippen LogP contribution in [0.2, 0.25) is 0 Å². The lowest BCUT2D eigenvalue weighted by atomic mass is 10.0. The number of hydrogen-bond donors (Lipinski definition) is 0. The Kier molecular flexibility index (Phi) is 48.4. The van der Waals surface area contributed by atoms with E-state index in [1.807, 2.05) is 33.8 Å². The molecular formula is C21H46. The van der Waals surface area contributed by atoms with Crippen LogP contribution in [-0.2, 0) is 0 Å². The van der Waals surface area contributed by atoms with E-state index in [1.165, 1.54) is 12.0 Å². The largest absolute Gasteiger partial charge is 0.0776 e. The van der Waals surface area contributed by atoms with Gasteiger partial charge < -0.3 is 0 Å². The molecule has 0 atom stereocenters. The Balaban J connectivity index is -0.0000000610. The van der Waals surface area contributed by atoms with Crippen molar-refractivity contribution in [3.8, 4) is 0 Å². The van der Waals surface area contributed by atoms with Gasteiger partial charge in [-0.1, -0.05) is 120 Å². The van der Waals surface area contributed by atoms with Crippen LogP contribution >= 0.6 is 0 Å². The van der Waals surface area contributed by atoms with E-state index in [4.69, 9.17) is 0 Å². The first-order valence-electron chi connectivity index (χ1n) is 8.50. The molecule has 0 aromatic heterocycles. The van der Waals surface area contributed by atoms with Crippen molar-refractivity contribution < 1.29 is 0 Å². The molecule has 0 aliphatic heterocycles. The lowest BCUT2D eigenvalue weighted by Gasteiger charge is -2.01. The molecule has 0 saturated heterocycles. The molecule has 130 valence electrons. The second-order valence-corrected chi connectivity index (χ2v) is 5.00. The van der Waals surface area contributed by atoms with Gasteiger partial charge in [0.05, 0.1) is 0 Å². The van der Waals surface area contributed by atoms with E-state index in [0.717, 1.165) is 5.92 Å². The van der Waals surface area contributed by atoms with E-state index >= 15 is 0 Å². The van der Waals surface area contributed by atoms with Crippen molar-refractivity contribution in [2.45, 2.75) is 95.9 Å². The van der Waals surface area contributed by atoms with E-state index in [1.54, 1.807) is 0 Å². The van der Waals surface area contributed by atoms with Crippen molar-refractivity contribution in [2.24, 2.45) is 5.92 Å². The van der Waals surface area contributed by atoms with Crippen LogP contribution in [0.15, 0.2) is 30.3 Å². The van der Waals surface area contributed by atoms with Crippen molar-refractivity contribution in [3.63, 3.8) is 0 Å². The number of benzene rings is 1. The van der Waals surface area contributed by atoms with Gasteiger partial charge in [-0.15, -0.1) is 0 Å². The van der Waals surface area contributed by atoms with E-state index in [-0.39, 0.29) is 7.43 Å². The predicted molar refractivity (Wildman–Crippen MR) is 106 cm³/mol. The molecule has 1 aromatic carbocycles. The summed E-state index contributed by atoms with van der Waals surface area (Å²) in [7, 11) is 0. The van der Waals surface area contributed by atoms with Crippen molar-refractivity contribution >= 4 is 0 Å². The first kappa shape index (κ1) is 32.2. The van der Waals surface area contributed by atoms with Crippen molar-refractivity contribution in [2.75, 3.05) is 0 Å². The van der Waals surface area contributed by atoms with Crippen LogP contribution in [0.3, 0.4) is 0 Å². The van der Waals surface area contributed by atoms with Crippen molar-refractivity contribution in [1.29, 1.82) is 0 Å². The van der Waals surface area contributed by atoms with Gasteiger partial charge in [0.25, 0.3) is 0 Å². The van der Waals surface area contributed by atoms with Gasteiger partial charge in [0.15, 0.2) is 0 Å². The first-order chi connectivity index (χ1) is 9.45. The van der Waals surface area contributed by atoms with Crippen molar-refractivity contribution in [3.05, 3.63) is 35.9 Å². The molecule has 0 heteroatoms. The zero-order valence-electron chi connectivity index (χ0n) is 16.2. The van der Waals surface area contributed by atoms with Crippen LogP contribution in [-0.4, -0.2) is 0 Å². The lowest BCUT2D eigenvalue weighted by Crippen LogP contribution is -1.83. The summed E-state index contributed by atoms with van der Waals surface area (Å²) in [6, 6.07) is 10.5. The summed E-state index contributed by atoms with van der Waals surface area (Å²) < 4.78 is 0. The summed E-state index contributed by atoms with van der Waals surface area (Å²) in [6.07, 6.45) is 1.25. The highest BCUT2D eigenvalue weighted by atomic mass is 14.0. The van der Waals surface area contributed by atoms with Gasteiger partial charge in [0.1, 0.15) is 0 Å². The van der Waals surface area contributed by atoms with Crippen LogP contribution in [0.25, 0.3) is 0 Å². The minimum atomic E-state index is 0. The van der Waals surface area contributed by atoms with Crippen LogP contribution < -0.4 is 0 Å². The van der Waals surface area contributed by atoms with E-state index in [9.17, 15) is 0 Å². The smallest absolute Gasteiger partial charge is 0.0219 e.